The summed E-state index contributed by atoms with van der Waals surface area (Å²) in [5.41, 5.74) is 6.06. The van der Waals surface area contributed by atoms with Crippen molar-refractivity contribution in [2.45, 2.75) is 23.4 Å². The maximum atomic E-state index is 11.0. The van der Waals surface area contributed by atoms with Crippen LogP contribution in [-0.2, 0) is 17.0 Å². The molecule has 1 amide bonds. The van der Waals surface area contributed by atoms with E-state index in [4.69, 9.17) is 10.2 Å². The molecule has 0 aliphatic rings. The number of thioether (sulfide) groups is 1. The number of aromatic nitrogens is 3. The molecule has 0 saturated heterocycles. The minimum absolute atomic E-state index is 0.229. The lowest BCUT2D eigenvalue weighted by Crippen LogP contribution is -2.13. The van der Waals surface area contributed by atoms with Crippen molar-refractivity contribution in [1.29, 1.82) is 0 Å². The first-order chi connectivity index (χ1) is 10.6. The van der Waals surface area contributed by atoms with E-state index < -0.39 is 0 Å². The highest BCUT2D eigenvalue weighted by Gasteiger charge is 2.13. The van der Waals surface area contributed by atoms with Crippen LogP contribution in [0.4, 0.5) is 0 Å². The number of thiazole rings is 1. The molecule has 2 N–H and O–H groups in total. The predicted octanol–water partition coefficient (Wildman–Crippen LogP) is 2.88. The number of aryl methyl sites for hydroxylation is 1. The molecule has 3 aromatic rings. The van der Waals surface area contributed by atoms with Gasteiger partial charge in [0.25, 0.3) is 5.89 Å². The summed E-state index contributed by atoms with van der Waals surface area (Å²) >= 11 is 4.54. The maximum absolute atomic E-state index is 11.0. The number of hydrogen-bond acceptors (Lipinski definition) is 8. The Balaban J connectivity index is 1.64. The molecule has 0 bridgehead atoms. The van der Waals surface area contributed by atoms with E-state index in [0.717, 1.165) is 19.8 Å². The third-order valence-electron chi connectivity index (χ3n) is 2.73. The number of carbonyl (C=O) groups is 1. The first kappa shape index (κ1) is 15.2. The second kappa shape index (κ2) is 6.59. The van der Waals surface area contributed by atoms with Gasteiger partial charge in [-0.1, -0.05) is 17.8 Å². The molecule has 9 heteroatoms. The zero-order valence-electron chi connectivity index (χ0n) is 11.6. The zero-order valence-corrected chi connectivity index (χ0v) is 14.1. The van der Waals surface area contributed by atoms with Crippen LogP contribution < -0.4 is 5.73 Å². The van der Waals surface area contributed by atoms with Gasteiger partial charge in [-0.3, -0.25) is 4.79 Å². The normalized spacial score (nSPS) is 11.0. The lowest BCUT2D eigenvalue weighted by molar-refractivity contribution is -0.117. The summed E-state index contributed by atoms with van der Waals surface area (Å²) in [7, 11) is 0. The largest absolute Gasteiger partial charge is 0.419 e. The minimum atomic E-state index is -0.346. The predicted molar refractivity (Wildman–Crippen MR) is 86.9 cm³/mol. The van der Waals surface area contributed by atoms with Crippen LogP contribution in [0, 0.1) is 6.92 Å². The lowest BCUT2D eigenvalue weighted by Gasteiger charge is -1.92. The molecule has 0 saturated carbocycles. The standard InChI is InChI=1S/C13H12N4O2S3/c1-7-9(5-10(14)18)22-13(15-7)21-6-11-16-17-12(19-11)8-3-2-4-20-8/h2-4H,5-6H2,1H3,(H2,14,18). The van der Waals surface area contributed by atoms with E-state index in [1.807, 2.05) is 24.4 Å². The molecule has 3 heterocycles. The fourth-order valence-electron chi connectivity index (χ4n) is 1.72. The molecule has 3 rings (SSSR count). The molecule has 0 unspecified atom stereocenters. The third-order valence-corrected chi connectivity index (χ3v) is 5.87. The van der Waals surface area contributed by atoms with Crippen LogP contribution in [0.3, 0.4) is 0 Å². The third kappa shape index (κ3) is 3.54. The van der Waals surface area contributed by atoms with Gasteiger partial charge < -0.3 is 10.2 Å². The van der Waals surface area contributed by atoms with Crippen molar-refractivity contribution in [3.05, 3.63) is 34.0 Å². The van der Waals surface area contributed by atoms with E-state index in [9.17, 15) is 4.79 Å². The van der Waals surface area contributed by atoms with Crippen LogP contribution >= 0.6 is 34.4 Å². The Labute approximate surface area is 138 Å². The van der Waals surface area contributed by atoms with E-state index in [0.29, 0.717) is 17.5 Å². The first-order valence-corrected chi connectivity index (χ1v) is 9.03. The van der Waals surface area contributed by atoms with Crippen molar-refractivity contribution < 1.29 is 9.21 Å². The zero-order chi connectivity index (χ0) is 15.5. The summed E-state index contributed by atoms with van der Waals surface area (Å²) in [6.45, 7) is 1.88. The van der Waals surface area contributed by atoms with Gasteiger partial charge in [-0.25, -0.2) is 4.98 Å². The van der Waals surface area contributed by atoms with E-state index in [-0.39, 0.29) is 12.3 Å². The number of carbonyl (C=O) groups excluding carboxylic acids is 1. The summed E-state index contributed by atoms with van der Waals surface area (Å²) in [6, 6.07) is 3.88. The van der Waals surface area contributed by atoms with Crippen molar-refractivity contribution in [3.63, 3.8) is 0 Å². The summed E-state index contributed by atoms with van der Waals surface area (Å²) in [6.07, 6.45) is 0.229. The molecule has 0 spiro atoms. The smallest absolute Gasteiger partial charge is 0.257 e. The summed E-state index contributed by atoms with van der Waals surface area (Å²) < 4.78 is 6.49. The van der Waals surface area contributed by atoms with Crippen molar-refractivity contribution in [2.75, 3.05) is 0 Å². The van der Waals surface area contributed by atoms with Gasteiger partial charge in [-0.15, -0.1) is 32.9 Å². The van der Waals surface area contributed by atoms with Gasteiger partial charge in [-0.2, -0.15) is 0 Å². The summed E-state index contributed by atoms with van der Waals surface area (Å²) in [5, 5.41) is 10.0. The van der Waals surface area contributed by atoms with Crippen molar-refractivity contribution in [2.24, 2.45) is 5.73 Å². The Bertz CT molecular complexity index is 779. The number of nitrogens with two attached hydrogens (primary N) is 1. The Hall–Kier alpha value is -1.71. The van der Waals surface area contributed by atoms with Crippen molar-refractivity contribution >= 4 is 40.3 Å². The Morgan fingerprint density at radius 1 is 1.45 bits per heavy atom. The van der Waals surface area contributed by atoms with Gasteiger partial charge in [0.1, 0.15) is 0 Å². The fourth-order valence-corrected chi connectivity index (χ4v) is 4.45. The molecule has 0 aliphatic heterocycles. The first-order valence-electron chi connectivity index (χ1n) is 6.35. The number of rotatable bonds is 6. The van der Waals surface area contributed by atoms with Crippen LogP contribution in [0.5, 0.6) is 0 Å². The summed E-state index contributed by atoms with van der Waals surface area (Å²) in [4.78, 5) is 17.3. The molecule has 6 nitrogen and oxygen atoms in total. The molecule has 0 aromatic carbocycles. The molecule has 0 aliphatic carbocycles. The highest BCUT2D eigenvalue weighted by Crippen LogP contribution is 2.30. The highest BCUT2D eigenvalue weighted by molar-refractivity contribution is 8.00. The average Bonchev–Trinajstić information content (AvgIpc) is 3.17. The minimum Gasteiger partial charge on any atom is -0.419 e. The molecule has 0 atom stereocenters. The second-order valence-corrected chi connectivity index (χ2v) is 7.65. The molecule has 114 valence electrons. The Morgan fingerprint density at radius 2 is 2.32 bits per heavy atom. The Kier molecular flexibility index (Phi) is 4.55. The van der Waals surface area contributed by atoms with Crippen molar-refractivity contribution in [1.82, 2.24) is 15.2 Å². The maximum Gasteiger partial charge on any atom is 0.257 e. The number of nitrogens with zero attached hydrogens (tertiary/aromatic N) is 3. The van der Waals surface area contributed by atoms with Gasteiger partial charge in [0.05, 0.1) is 22.7 Å². The van der Waals surface area contributed by atoms with E-state index >= 15 is 0 Å². The topological polar surface area (TPSA) is 94.9 Å². The van der Waals surface area contributed by atoms with Crippen LogP contribution in [0.1, 0.15) is 16.5 Å². The number of hydrogen-bond donors (Lipinski definition) is 1. The second-order valence-electron chi connectivity index (χ2n) is 4.40. The van der Waals surface area contributed by atoms with Crippen molar-refractivity contribution in [3.8, 4) is 10.8 Å². The van der Waals surface area contributed by atoms with E-state index in [1.165, 1.54) is 23.1 Å². The average molecular weight is 352 g/mol. The highest BCUT2D eigenvalue weighted by atomic mass is 32.2. The lowest BCUT2D eigenvalue weighted by atomic mass is 10.3. The number of primary amides is 1. The van der Waals surface area contributed by atoms with Gasteiger partial charge in [0, 0.05) is 4.88 Å². The summed E-state index contributed by atoms with van der Waals surface area (Å²) in [5.74, 6) is 1.29. The van der Waals surface area contributed by atoms with Crippen LogP contribution in [0.2, 0.25) is 0 Å². The number of thiophene rings is 1. The van der Waals surface area contributed by atoms with Crippen LogP contribution in [0.25, 0.3) is 10.8 Å². The quantitative estimate of drug-likeness (QED) is 0.685. The van der Waals surface area contributed by atoms with Crippen LogP contribution in [0.15, 0.2) is 26.3 Å². The van der Waals surface area contributed by atoms with E-state index in [2.05, 4.69) is 15.2 Å². The molecule has 0 fully saturated rings. The van der Waals surface area contributed by atoms with Gasteiger partial charge in [0.15, 0.2) is 4.34 Å². The molecule has 0 radical (unpaired) electrons. The SMILES string of the molecule is Cc1nc(SCc2nnc(-c3cccs3)o2)sc1CC(N)=O. The van der Waals surface area contributed by atoms with Crippen LogP contribution in [-0.4, -0.2) is 21.1 Å². The van der Waals surface area contributed by atoms with Gasteiger partial charge >= 0.3 is 0 Å². The molecular formula is C13H12N4O2S3. The van der Waals surface area contributed by atoms with Gasteiger partial charge in [-0.05, 0) is 18.4 Å². The number of amides is 1. The molecule has 22 heavy (non-hydrogen) atoms. The molecule has 3 aromatic heterocycles. The monoisotopic (exact) mass is 352 g/mol. The fraction of sp³-hybridized carbons (Fsp3) is 0.231. The molecular weight excluding hydrogens is 340 g/mol. The Morgan fingerprint density at radius 3 is 3.05 bits per heavy atom. The van der Waals surface area contributed by atoms with Gasteiger partial charge in [0.2, 0.25) is 11.8 Å². The van der Waals surface area contributed by atoms with E-state index in [1.54, 1.807) is 11.3 Å².